The van der Waals surface area contributed by atoms with Gasteiger partial charge in [0.15, 0.2) is 0 Å². The summed E-state index contributed by atoms with van der Waals surface area (Å²) in [5.41, 5.74) is 22.3. The molecular weight excluding hydrogens is 907 g/mol. The van der Waals surface area contributed by atoms with Crippen molar-refractivity contribution < 1.29 is 0 Å². The van der Waals surface area contributed by atoms with E-state index in [0.29, 0.717) is 0 Å². The van der Waals surface area contributed by atoms with Crippen molar-refractivity contribution in [3.63, 3.8) is 0 Å². The molecule has 0 fully saturated rings. The number of hydrogen-bond acceptors (Lipinski definition) is 2. The predicted octanol–water partition coefficient (Wildman–Crippen LogP) is 18.7. The van der Waals surface area contributed by atoms with Crippen LogP contribution in [0.25, 0.3) is 83.3 Å². The Bertz CT molecular complexity index is 4130. The summed E-state index contributed by atoms with van der Waals surface area (Å²) in [5.74, 6) is 0. The summed E-state index contributed by atoms with van der Waals surface area (Å²) in [6.45, 7) is 0. The van der Waals surface area contributed by atoms with E-state index in [1.807, 2.05) is 0 Å². The largest absolute Gasteiger partial charge is 0.310 e. The molecule has 0 saturated heterocycles. The average Bonchev–Trinajstić information content (AvgIpc) is 4.16. The molecule has 352 valence electrons. The van der Waals surface area contributed by atoms with Crippen LogP contribution in [0.3, 0.4) is 0 Å². The van der Waals surface area contributed by atoms with Gasteiger partial charge >= 0.3 is 0 Å². The first-order valence-electron chi connectivity index (χ1n) is 25.8. The molecule has 14 rings (SSSR count). The monoisotopic (exact) mass is 955 g/mol. The van der Waals surface area contributed by atoms with Gasteiger partial charge in [-0.05, 0) is 109 Å². The predicted molar refractivity (Wildman–Crippen MR) is 312 cm³/mol. The molecule has 1 aliphatic carbocycles. The fraction of sp³-hybridized carbons (Fsp3) is 0.0139. The number of hydrogen-bond donors (Lipinski definition) is 0. The summed E-state index contributed by atoms with van der Waals surface area (Å²) in [4.78, 5) is 2.45. The van der Waals surface area contributed by atoms with Gasteiger partial charge in [-0.25, -0.2) is 4.52 Å². The zero-order valence-corrected chi connectivity index (χ0v) is 41.1. The second-order valence-corrected chi connectivity index (χ2v) is 19.5. The van der Waals surface area contributed by atoms with E-state index in [0.717, 1.165) is 72.6 Å². The van der Waals surface area contributed by atoms with Crippen LogP contribution in [0.4, 0.5) is 17.1 Å². The number of anilines is 3. The summed E-state index contributed by atoms with van der Waals surface area (Å²) < 4.78 is 2.18. The minimum atomic E-state index is -0.558. The second kappa shape index (κ2) is 18.3. The maximum absolute atomic E-state index is 5.51. The molecule has 3 nitrogen and oxygen atoms in total. The van der Waals surface area contributed by atoms with Gasteiger partial charge < -0.3 is 4.90 Å². The van der Waals surface area contributed by atoms with Crippen LogP contribution in [0, 0.1) is 0 Å². The normalized spacial score (nSPS) is 12.4. The molecule has 0 aliphatic heterocycles. The number of rotatable bonds is 10. The van der Waals surface area contributed by atoms with E-state index in [1.165, 1.54) is 50.1 Å². The lowest BCUT2D eigenvalue weighted by atomic mass is 9.67. The van der Waals surface area contributed by atoms with E-state index in [9.17, 15) is 0 Å². The maximum Gasteiger partial charge on any atom is 0.101 e. The topological polar surface area (TPSA) is 20.5 Å². The van der Waals surface area contributed by atoms with Crippen molar-refractivity contribution in [1.82, 2.24) is 9.61 Å². The molecule has 75 heavy (non-hydrogen) atoms. The molecule has 0 unspecified atom stereocenters. The van der Waals surface area contributed by atoms with E-state index >= 15 is 0 Å². The van der Waals surface area contributed by atoms with E-state index < -0.39 is 5.41 Å². The zero-order valence-electron chi connectivity index (χ0n) is 41.1. The van der Waals surface area contributed by atoms with Crippen LogP contribution in [-0.4, -0.2) is 9.61 Å². The Morgan fingerprint density at radius 1 is 0.320 bits per heavy atom. The fourth-order valence-electron chi connectivity index (χ4n) is 11.9. The highest BCUT2D eigenvalue weighted by Crippen LogP contribution is 2.57. The Hall–Kier alpha value is -9.83. The van der Waals surface area contributed by atoms with Crippen LogP contribution in [0.5, 0.6) is 0 Å². The number of aromatic nitrogens is 2. The highest BCUT2D eigenvalue weighted by Gasteiger charge is 2.46. The van der Waals surface area contributed by atoms with Crippen LogP contribution < -0.4 is 4.90 Å². The van der Waals surface area contributed by atoms with Gasteiger partial charge in [-0.2, -0.15) is 5.10 Å². The van der Waals surface area contributed by atoms with Crippen LogP contribution in [0.2, 0.25) is 0 Å². The molecule has 0 saturated carbocycles. The highest BCUT2D eigenvalue weighted by atomic mass is 15.2. The summed E-state index contributed by atoms with van der Waals surface area (Å²) in [5, 5.41) is 7.75. The third-order valence-corrected chi connectivity index (χ3v) is 15.3. The minimum absolute atomic E-state index is 0.558. The summed E-state index contributed by atoms with van der Waals surface area (Å²) >= 11 is 0. The first-order valence-corrected chi connectivity index (χ1v) is 25.8. The summed E-state index contributed by atoms with van der Waals surface area (Å²) in [7, 11) is 0. The first-order chi connectivity index (χ1) is 37.2. The second-order valence-electron chi connectivity index (χ2n) is 19.5. The third-order valence-electron chi connectivity index (χ3n) is 15.3. The minimum Gasteiger partial charge on any atom is -0.310 e. The lowest BCUT2D eigenvalue weighted by Crippen LogP contribution is -2.28. The summed E-state index contributed by atoms with van der Waals surface area (Å²) in [6.07, 6.45) is 0. The van der Waals surface area contributed by atoms with Crippen molar-refractivity contribution in [2.75, 3.05) is 4.90 Å². The molecule has 2 aromatic heterocycles. The van der Waals surface area contributed by atoms with E-state index in [2.05, 4.69) is 307 Å². The fourth-order valence-corrected chi connectivity index (χ4v) is 11.9. The Balaban J connectivity index is 1.00. The van der Waals surface area contributed by atoms with Crippen molar-refractivity contribution in [2.45, 2.75) is 5.41 Å². The molecule has 0 atom stereocenters. The van der Waals surface area contributed by atoms with E-state index in [-0.39, 0.29) is 0 Å². The number of fused-ring (bicyclic) bond motifs is 6. The highest BCUT2D eigenvalue weighted by molar-refractivity contribution is 6.10. The molecular formula is C72H49N3. The Kier molecular flexibility index (Phi) is 10.7. The van der Waals surface area contributed by atoms with Gasteiger partial charge in [0.05, 0.1) is 16.6 Å². The maximum atomic E-state index is 5.51. The average molecular weight is 956 g/mol. The Morgan fingerprint density at radius 3 is 1.36 bits per heavy atom. The standard InChI is InChI=1S/C72H49N3/c1-7-21-50(22-8-1)51-35-37-52(38-36-51)53-39-41-60(42-40-53)74(62-44-46-65-64-33-19-20-34-66(64)72(67(65)49-62,58-29-15-5-16-30-58)59-31-17-6-18-32-59)61-43-45-63-57(47-61)48-68(54-23-9-2-10-24-54)75-71(63)69(55-25-11-3-12-26-55)70(73-75)56-27-13-4-14-28-56/h1-49H. The third kappa shape index (κ3) is 7.39. The molecule has 13 aromatic rings. The molecule has 2 heterocycles. The summed E-state index contributed by atoms with van der Waals surface area (Å²) in [6, 6.07) is 108. The van der Waals surface area contributed by atoms with Crippen molar-refractivity contribution in [3.05, 3.63) is 320 Å². The van der Waals surface area contributed by atoms with Gasteiger partial charge in [0.1, 0.15) is 5.69 Å². The smallest absolute Gasteiger partial charge is 0.101 e. The van der Waals surface area contributed by atoms with Gasteiger partial charge in [-0.15, -0.1) is 0 Å². The van der Waals surface area contributed by atoms with Crippen LogP contribution in [-0.2, 0) is 5.41 Å². The lowest BCUT2D eigenvalue weighted by Gasteiger charge is -2.35. The van der Waals surface area contributed by atoms with Gasteiger partial charge in [0.2, 0.25) is 0 Å². The molecule has 1 aliphatic rings. The van der Waals surface area contributed by atoms with Crippen molar-refractivity contribution in [2.24, 2.45) is 0 Å². The van der Waals surface area contributed by atoms with Crippen molar-refractivity contribution in [1.29, 1.82) is 0 Å². The molecule has 0 radical (unpaired) electrons. The molecule has 11 aromatic carbocycles. The Labute approximate surface area is 437 Å². The number of benzene rings is 11. The quantitative estimate of drug-likeness (QED) is 0.136. The number of nitrogens with zero attached hydrogens (tertiary/aromatic N) is 3. The van der Waals surface area contributed by atoms with Crippen LogP contribution >= 0.6 is 0 Å². The van der Waals surface area contributed by atoms with Crippen LogP contribution in [0.1, 0.15) is 22.3 Å². The molecule has 3 heteroatoms. The zero-order chi connectivity index (χ0) is 49.7. The van der Waals surface area contributed by atoms with E-state index in [1.54, 1.807) is 0 Å². The van der Waals surface area contributed by atoms with Crippen molar-refractivity contribution >= 4 is 33.4 Å². The van der Waals surface area contributed by atoms with E-state index in [4.69, 9.17) is 5.10 Å². The molecule has 0 spiro atoms. The van der Waals surface area contributed by atoms with Gasteiger partial charge in [0, 0.05) is 39.1 Å². The molecule has 0 amide bonds. The van der Waals surface area contributed by atoms with Gasteiger partial charge in [-0.1, -0.05) is 255 Å². The first kappa shape index (κ1) is 43.9. The molecule has 0 N–H and O–H groups in total. The van der Waals surface area contributed by atoms with Crippen molar-refractivity contribution in [3.8, 4) is 67.0 Å². The number of pyridine rings is 1. The molecule has 0 bridgehead atoms. The SMILES string of the molecule is c1ccc(-c2ccc(-c3ccc(N(c4ccc5c(c4)C(c4ccccc4)(c4ccccc4)c4ccccc4-5)c4ccc5c(c4)cc(-c4ccccc4)n4nc(-c6ccccc6)c(-c6ccccc6)c54)cc3)cc2)cc1. The Morgan fingerprint density at radius 2 is 0.760 bits per heavy atom. The van der Waals surface area contributed by atoms with Gasteiger partial charge in [-0.3, -0.25) is 0 Å². The lowest BCUT2D eigenvalue weighted by molar-refractivity contribution is 0.768. The van der Waals surface area contributed by atoms with Gasteiger partial charge in [0.25, 0.3) is 0 Å². The van der Waals surface area contributed by atoms with Crippen LogP contribution in [0.15, 0.2) is 297 Å².